The van der Waals surface area contributed by atoms with Gasteiger partial charge < -0.3 is 10.6 Å². The van der Waals surface area contributed by atoms with E-state index in [4.69, 9.17) is 5.73 Å². The van der Waals surface area contributed by atoms with Crippen molar-refractivity contribution in [2.75, 3.05) is 23.7 Å². The molecule has 1 aliphatic heterocycles. The molecule has 3 rings (SSSR count). The van der Waals surface area contributed by atoms with Gasteiger partial charge in [-0.15, -0.1) is 0 Å². The molecule has 0 amide bonds. The van der Waals surface area contributed by atoms with E-state index < -0.39 is 0 Å². The first-order valence-electron chi connectivity index (χ1n) is 7.51. The second kappa shape index (κ2) is 4.99. The fourth-order valence-electron chi connectivity index (χ4n) is 3.55. The average Bonchev–Trinajstić information content (AvgIpc) is 2.37. The highest BCUT2D eigenvalue weighted by atomic mass is 15.2. The summed E-state index contributed by atoms with van der Waals surface area (Å²) in [5, 5.41) is 0. The highest BCUT2D eigenvalue weighted by Gasteiger charge is 2.31. The van der Waals surface area contributed by atoms with Crippen LogP contribution in [0, 0.1) is 11.8 Å². The van der Waals surface area contributed by atoms with Crippen LogP contribution in [0.3, 0.4) is 0 Å². The van der Waals surface area contributed by atoms with Gasteiger partial charge in [-0.2, -0.15) is 4.98 Å². The van der Waals surface area contributed by atoms with Crippen LogP contribution in [0.25, 0.3) is 0 Å². The molecule has 1 aromatic rings. The van der Waals surface area contributed by atoms with Crippen molar-refractivity contribution < 1.29 is 0 Å². The molecule has 0 spiro atoms. The second-order valence-electron chi connectivity index (χ2n) is 6.47. The predicted octanol–water partition coefficient (Wildman–Crippen LogP) is 2.81. The number of hydrogen-bond acceptors (Lipinski definition) is 4. The van der Waals surface area contributed by atoms with Crippen LogP contribution in [0.1, 0.15) is 51.1 Å². The van der Waals surface area contributed by atoms with Gasteiger partial charge in [0.25, 0.3) is 0 Å². The van der Waals surface area contributed by atoms with E-state index in [1.54, 1.807) is 0 Å². The van der Waals surface area contributed by atoms with E-state index in [2.05, 4.69) is 34.8 Å². The Morgan fingerprint density at radius 2 is 1.89 bits per heavy atom. The number of aromatic nitrogens is 2. The average molecular weight is 260 g/mol. The fourth-order valence-corrected chi connectivity index (χ4v) is 3.55. The summed E-state index contributed by atoms with van der Waals surface area (Å²) in [6, 6.07) is 2.13. The molecule has 2 N–H and O–H groups in total. The van der Waals surface area contributed by atoms with E-state index in [-0.39, 0.29) is 0 Å². The van der Waals surface area contributed by atoms with Gasteiger partial charge in [0.1, 0.15) is 5.82 Å². The molecule has 0 radical (unpaired) electrons. The Morgan fingerprint density at radius 1 is 1.21 bits per heavy atom. The number of hydrogen-bond donors (Lipinski definition) is 1. The van der Waals surface area contributed by atoms with Gasteiger partial charge in [-0.05, 0) is 37.0 Å². The minimum absolute atomic E-state index is 0.397. The summed E-state index contributed by atoms with van der Waals surface area (Å²) in [6.07, 6.45) is 5.58. The maximum Gasteiger partial charge on any atom is 0.222 e. The van der Waals surface area contributed by atoms with Crippen molar-refractivity contribution in [1.29, 1.82) is 0 Å². The zero-order valence-corrected chi connectivity index (χ0v) is 12.0. The van der Waals surface area contributed by atoms with Crippen molar-refractivity contribution in [2.45, 2.75) is 45.4 Å². The fraction of sp³-hybridized carbons (Fsp3) is 0.733. The van der Waals surface area contributed by atoms with Crippen molar-refractivity contribution in [1.82, 2.24) is 9.97 Å². The summed E-state index contributed by atoms with van der Waals surface area (Å²) < 4.78 is 0. The molecule has 2 atom stereocenters. The zero-order valence-electron chi connectivity index (χ0n) is 12.0. The van der Waals surface area contributed by atoms with E-state index in [1.807, 2.05) is 0 Å². The van der Waals surface area contributed by atoms with Crippen molar-refractivity contribution in [3.05, 3.63) is 11.8 Å². The highest BCUT2D eigenvalue weighted by Crippen LogP contribution is 2.36. The van der Waals surface area contributed by atoms with Crippen LogP contribution in [-0.2, 0) is 0 Å². The molecule has 4 nitrogen and oxygen atoms in total. The molecule has 1 saturated carbocycles. The summed E-state index contributed by atoms with van der Waals surface area (Å²) in [6.45, 7) is 6.59. The molecule has 2 fully saturated rings. The van der Waals surface area contributed by atoms with Crippen LogP contribution in [0.15, 0.2) is 6.07 Å². The molecule has 0 aromatic carbocycles. The quantitative estimate of drug-likeness (QED) is 0.888. The molecule has 2 heterocycles. The van der Waals surface area contributed by atoms with Crippen LogP contribution >= 0.6 is 0 Å². The summed E-state index contributed by atoms with van der Waals surface area (Å²) in [5.41, 5.74) is 6.92. The SMILES string of the molecule is CC(C)c1cc(N2C[C@@H]3CCC[C@@H](C3)C2)nc(N)n1. The van der Waals surface area contributed by atoms with E-state index in [9.17, 15) is 0 Å². The second-order valence-corrected chi connectivity index (χ2v) is 6.47. The van der Waals surface area contributed by atoms with Crippen molar-refractivity contribution >= 4 is 11.8 Å². The molecule has 4 heteroatoms. The van der Waals surface area contributed by atoms with Gasteiger partial charge >= 0.3 is 0 Å². The number of anilines is 2. The predicted molar refractivity (Wildman–Crippen MR) is 78.2 cm³/mol. The lowest BCUT2D eigenvalue weighted by Crippen LogP contribution is -2.43. The minimum Gasteiger partial charge on any atom is -0.368 e. The van der Waals surface area contributed by atoms with Gasteiger partial charge in [-0.3, -0.25) is 0 Å². The molecule has 104 valence electrons. The normalized spacial score (nSPS) is 26.8. The summed E-state index contributed by atoms with van der Waals surface area (Å²) >= 11 is 0. The molecule has 0 unspecified atom stereocenters. The Kier molecular flexibility index (Phi) is 3.33. The first kappa shape index (κ1) is 12.7. The van der Waals surface area contributed by atoms with Crippen LogP contribution < -0.4 is 10.6 Å². The van der Waals surface area contributed by atoms with Crippen molar-refractivity contribution in [3.63, 3.8) is 0 Å². The number of nitrogens with zero attached hydrogens (tertiary/aromatic N) is 3. The first-order chi connectivity index (χ1) is 9.11. The Labute approximate surface area is 115 Å². The van der Waals surface area contributed by atoms with Crippen LogP contribution in [0.4, 0.5) is 11.8 Å². The lowest BCUT2D eigenvalue weighted by atomic mass is 9.78. The smallest absolute Gasteiger partial charge is 0.222 e. The minimum atomic E-state index is 0.397. The van der Waals surface area contributed by atoms with E-state index in [0.717, 1.165) is 36.4 Å². The molecule has 19 heavy (non-hydrogen) atoms. The number of nitrogens with two attached hydrogens (primary N) is 1. The van der Waals surface area contributed by atoms with Gasteiger partial charge in [-0.1, -0.05) is 20.3 Å². The molecule has 2 bridgehead atoms. The lowest BCUT2D eigenvalue weighted by Gasteiger charge is -2.42. The van der Waals surface area contributed by atoms with Crippen molar-refractivity contribution in [3.8, 4) is 0 Å². The van der Waals surface area contributed by atoms with Crippen LogP contribution in [0.2, 0.25) is 0 Å². The Morgan fingerprint density at radius 3 is 2.53 bits per heavy atom. The van der Waals surface area contributed by atoms with Gasteiger partial charge in [0, 0.05) is 19.2 Å². The Bertz CT molecular complexity index is 445. The summed E-state index contributed by atoms with van der Waals surface area (Å²) in [4.78, 5) is 11.2. The summed E-state index contributed by atoms with van der Waals surface area (Å²) in [5.74, 6) is 3.55. The van der Waals surface area contributed by atoms with E-state index in [1.165, 1.54) is 25.7 Å². The third-order valence-electron chi connectivity index (χ3n) is 4.51. The monoisotopic (exact) mass is 260 g/mol. The zero-order chi connectivity index (χ0) is 13.4. The third-order valence-corrected chi connectivity index (χ3v) is 4.51. The van der Waals surface area contributed by atoms with Gasteiger partial charge in [0.15, 0.2) is 0 Å². The van der Waals surface area contributed by atoms with Crippen molar-refractivity contribution in [2.24, 2.45) is 11.8 Å². The van der Waals surface area contributed by atoms with Gasteiger partial charge in [-0.25, -0.2) is 4.98 Å². The largest absolute Gasteiger partial charge is 0.368 e. The number of piperidine rings is 1. The first-order valence-corrected chi connectivity index (χ1v) is 7.51. The lowest BCUT2D eigenvalue weighted by molar-refractivity contribution is 0.230. The van der Waals surface area contributed by atoms with Gasteiger partial charge in [0.05, 0.1) is 5.69 Å². The molecule has 2 aliphatic rings. The molecular weight excluding hydrogens is 236 g/mol. The van der Waals surface area contributed by atoms with E-state index >= 15 is 0 Å². The molecule has 1 aliphatic carbocycles. The topological polar surface area (TPSA) is 55.0 Å². The van der Waals surface area contributed by atoms with Crippen LogP contribution in [0.5, 0.6) is 0 Å². The number of rotatable bonds is 2. The molecular formula is C15H24N4. The Balaban J connectivity index is 1.85. The third kappa shape index (κ3) is 2.67. The maximum absolute atomic E-state index is 5.87. The maximum atomic E-state index is 5.87. The number of fused-ring (bicyclic) bond motifs is 2. The number of nitrogen functional groups attached to an aromatic ring is 1. The standard InChI is InChI=1S/C15H24N4/c1-10(2)13-7-14(18-15(16)17-13)19-8-11-4-3-5-12(6-11)9-19/h7,10-12H,3-6,8-9H2,1-2H3,(H2,16,17,18)/t11-,12+. The molecule has 1 saturated heterocycles. The van der Waals surface area contributed by atoms with Crippen LogP contribution in [-0.4, -0.2) is 23.1 Å². The van der Waals surface area contributed by atoms with Gasteiger partial charge in [0.2, 0.25) is 5.95 Å². The Hall–Kier alpha value is -1.32. The highest BCUT2D eigenvalue weighted by molar-refractivity contribution is 5.44. The summed E-state index contributed by atoms with van der Waals surface area (Å²) in [7, 11) is 0. The molecule has 1 aromatic heterocycles. The van der Waals surface area contributed by atoms with E-state index in [0.29, 0.717) is 11.9 Å².